The van der Waals surface area contributed by atoms with Gasteiger partial charge in [-0.1, -0.05) is 23.8 Å². The van der Waals surface area contributed by atoms with Gasteiger partial charge >= 0.3 is 0 Å². The lowest BCUT2D eigenvalue weighted by atomic mass is 10.2. The summed E-state index contributed by atoms with van der Waals surface area (Å²) in [5.41, 5.74) is 9.57. The minimum absolute atomic E-state index is 0.704. The number of nitrogen functional groups attached to an aromatic ring is 1. The van der Waals surface area contributed by atoms with Crippen LogP contribution in [0.1, 0.15) is 5.56 Å². The number of benzene rings is 2. The van der Waals surface area contributed by atoms with Gasteiger partial charge in [-0.05, 0) is 37.3 Å². The van der Waals surface area contributed by atoms with Crippen LogP contribution in [0.2, 0.25) is 0 Å². The Morgan fingerprint density at radius 1 is 0.818 bits per heavy atom. The summed E-state index contributed by atoms with van der Waals surface area (Å²) in [5.74, 6) is 1.43. The molecule has 3 aromatic rings. The van der Waals surface area contributed by atoms with Crippen LogP contribution in [0.5, 0.6) is 0 Å². The lowest BCUT2D eigenvalue weighted by molar-refractivity contribution is 1.17. The standard InChI is InChI=1S/C17H17N5/c1-12-5-7-14(8-6-12)21-16-10-17(20-11-19-16)22-15-4-2-3-13(18)9-15/h2-11H,18H2,1H3,(H2,19,20,21,22). The monoisotopic (exact) mass is 291 g/mol. The molecule has 2 aromatic carbocycles. The van der Waals surface area contributed by atoms with Gasteiger partial charge in [0.25, 0.3) is 0 Å². The smallest absolute Gasteiger partial charge is 0.135 e. The van der Waals surface area contributed by atoms with E-state index in [0.717, 1.165) is 17.2 Å². The summed E-state index contributed by atoms with van der Waals surface area (Å²) in [6, 6.07) is 17.5. The molecule has 0 amide bonds. The van der Waals surface area contributed by atoms with E-state index in [0.29, 0.717) is 11.5 Å². The van der Waals surface area contributed by atoms with Crippen LogP contribution in [0, 0.1) is 6.92 Å². The molecule has 5 heteroatoms. The van der Waals surface area contributed by atoms with Crippen molar-refractivity contribution in [2.24, 2.45) is 0 Å². The molecule has 0 spiro atoms. The van der Waals surface area contributed by atoms with Gasteiger partial charge in [0, 0.05) is 23.1 Å². The normalized spacial score (nSPS) is 10.2. The molecule has 0 aliphatic rings. The van der Waals surface area contributed by atoms with Crippen molar-refractivity contribution < 1.29 is 0 Å². The fraction of sp³-hybridized carbons (Fsp3) is 0.0588. The topological polar surface area (TPSA) is 75.9 Å². The highest BCUT2D eigenvalue weighted by atomic mass is 15.1. The SMILES string of the molecule is Cc1ccc(Nc2cc(Nc3cccc(N)c3)ncn2)cc1. The third-order valence-corrected chi connectivity index (χ3v) is 3.15. The molecule has 5 nitrogen and oxygen atoms in total. The zero-order valence-corrected chi connectivity index (χ0v) is 12.2. The summed E-state index contributed by atoms with van der Waals surface area (Å²) >= 11 is 0. The van der Waals surface area contributed by atoms with Crippen LogP contribution in [0.25, 0.3) is 0 Å². The summed E-state index contributed by atoms with van der Waals surface area (Å²) in [5, 5.41) is 6.46. The number of hydrogen-bond acceptors (Lipinski definition) is 5. The van der Waals surface area contributed by atoms with Gasteiger partial charge in [-0.3, -0.25) is 0 Å². The van der Waals surface area contributed by atoms with Crippen LogP contribution in [-0.2, 0) is 0 Å². The first-order valence-corrected chi connectivity index (χ1v) is 6.97. The number of rotatable bonds is 4. The van der Waals surface area contributed by atoms with E-state index in [-0.39, 0.29) is 0 Å². The molecule has 4 N–H and O–H groups in total. The Balaban J connectivity index is 1.76. The second kappa shape index (κ2) is 6.13. The number of anilines is 5. The van der Waals surface area contributed by atoms with Crippen LogP contribution < -0.4 is 16.4 Å². The van der Waals surface area contributed by atoms with Crippen LogP contribution in [0.4, 0.5) is 28.7 Å². The van der Waals surface area contributed by atoms with E-state index in [1.165, 1.54) is 11.9 Å². The average Bonchev–Trinajstić information content (AvgIpc) is 2.50. The summed E-state index contributed by atoms with van der Waals surface area (Å²) in [4.78, 5) is 8.45. The maximum atomic E-state index is 5.77. The van der Waals surface area contributed by atoms with Crippen LogP contribution in [0.15, 0.2) is 60.9 Å². The minimum atomic E-state index is 0.704. The molecule has 22 heavy (non-hydrogen) atoms. The fourth-order valence-corrected chi connectivity index (χ4v) is 2.04. The van der Waals surface area contributed by atoms with Crippen molar-refractivity contribution in [3.8, 4) is 0 Å². The molecule has 1 heterocycles. The Kier molecular flexibility index (Phi) is 3.87. The van der Waals surface area contributed by atoms with Gasteiger partial charge < -0.3 is 16.4 Å². The van der Waals surface area contributed by atoms with Gasteiger partial charge in [-0.25, -0.2) is 9.97 Å². The Morgan fingerprint density at radius 2 is 1.50 bits per heavy atom. The number of aryl methyl sites for hydroxylation is 1. The van der Waals surface area contributed by atoms with Crippen LogP contribution in [-0.4, -0.2) is 9.97 Å². The molecule has 0 bridgehead atoms. The lowest BCUT2D eigenvalue weighted by Gasteiger charge is -2.09. The van der Waals surface area contributed by atoms with Gasteiger partial charge in [0.15, 0.2) is 0 Å². The Morgan fingerprint density at radius 3 is 2.18 bits per heavy atom. The van der Waals surface area contributed by atoms with E-state index in [4.69, 9.17) is 5.73 Å². The van der Waals surface area contributed by atoms with E-state index in [9.17, 15) is 0 Å². The molecule has 0 saturated heterocycles. The number of nitrogens with one attached hydrogen (secondary N) is 2. The Bertz CT molecular complexity index is 768. The second-order valence-electron chi connectivity index (χ2n) is 5.03. The zero-order valence-electron chi connectivity index (χ0n) is 12.2. The maximum Gasteiger partial charge on any atom is 0.135 e. The molecule has 0 fully saturated rings. The number of aromatic nitrogens is 2. The summed E-state index contributed by atoms with van der Waals surface area (Å²) < 4.78 is 0. The molecule has 110 valence electrons. The van der Waals surface area contributed by atoms with Gasteiger partial charge in [0.05, 0.1) is 0 Å². The maximum absolute atomic E-state index is 5.77. The van der Waals surface area contributed by atoms with Gasteiger partial charge in [0.1, 0.15) is 18.0 Å². The summed E-state index contributed by atoms with van der Waals surface area (Å²) in [7, 11) is 0. The highest BCUT2D eigenvalue weighted by Gasteiger charge is 2.01. The quantitative estimate of drug-likeness (QED) is 0.636. The van der Waals surface area contributed by atoms with Crippen molar-refractivity contribution in [3.63, 3.8) is 0 Å². The van der Waals surface area contributed by atoms with Crippen molar-refractivity contribution in [2.75, 3.05) is 16.4 Å². The first kappa shape index (κ1) is 13.9. The molecule has 0 aliphatic heterocycles. The van der Waals surface area contributed by atoms with E-state index >= 15 is 0 Å². The molecule has 3 rings (SSSR count). The lowest BCUT2D eigenvalue weighted by Crippen LogP contribution is -1.98. The number of nitrogens with two attached hydrogens (primary N) is 1. The fourth-order valence-electron chi connectivity index (χ4n) is 2.04. The van der Waals surface area contributed by atoms with Gasteiger partial charge in [-0.15, -0.1) is 0 Å². The van der Waals surface area contributed by atoms with Crippen molar-refractivity contribution >= 4 is 28.7 Å². The number of hydrogen-bond donors (Lipinski definition) is 3. The molecule has 0 atom stereocenters. The highest BCUT2D eigenvalue weighted by molar-refractivity contribution is 5.65. The molecule has 0 saturated carbocycles. The predicted octanol–water partition coefficient (Wildman–Crippen LogP) is 3.85. The first-order valence-electron chi connectivity index (χ1n) is 6.97. The van der Waals surface area contributed by atoms with Crippen LogP contribution in [0.3, 0.4) is 0 Å². The molecule has 0 radical (unpaired) electrons. The number of nitrogens with zero attached hydrogens (tertiary/aromatic N) is 2. The minimum Gasteiger partial charge on any atom is -0.399 e. The molecular formula is C17H17N5. The van der Waals surface area contributed by atoms with Crippen molar-refractivity contribution in [1.82, 2.24) is 9.97 Å². The van der Waals surface area contributed by atoms with Crippen molar-refractivity contribution in [1.29, 1.82) is 0 Å². The Labute approximate surface area is 129 Å². The van der Waals surface area contributed by atoms with E-state index in [1.807, 2.05) is 42.5 Å². The Hall–Kier alpha value is -3.08. The molecule has 0 unspecified atom stereocenters. The van der Waals surface area contributed by atoms with Crippen molar-refractivity contribution in [3.05, 3.63) is 66.5 Å². The van der Waals surface area contributed by atoms with E-state index in [1.54, 1.807) is 0 Å². The first-order chi connectivity index (χ1) is 10.7. The molecule has 0 aliphatic carbocycles. The van der Waals surface area contributed by atoms with Crippen molar-refractivity contribution in [2.45, 2.75) is 6.92 Å². The van der Waals surface area contributed by atoms with E-state index in [2.05, 4.69) is 39.7 Å². The highest BCUT2D eigenvalue weighted by Crippen LogP contribution is 2.20. The average molecular weight is 291 g/mol. The van der Waals surface area contributed by atoms with Gasteiger partial charge in [-0.2, -0.15) is 0 Å². The summed E-state index contributed by atoms with van der Waals surface area (Å²) in [6.07, 6.45) is 1.52. The van der Waals surface area contributed by atoms with E-state index < -0.39 is 0 Å². The van der Waals surface area contributed by atoms with Crippen LogP contribution >= 0.6 is 0 Å². The molecule has 1 aromatic heterocycles. The third kappa shape index (κ3) is 3.52. The molecular weight excluding hydrogens is 274 g/mol. The second-order valence-corrected chi connectivity index (χ2v) is 5.03. The largest absolute Gasteiger partial charge is 0.399 e. The van der Waals surface area contributed by atoms with Gasteiger partial charge in [0.2, 0.25) is 0 Å². The summed E-state index contributed by atoms with van der Waals surface area (Å²) in [6.45, 7) is 2.06. The predicted molar refractivity (Wildman–Crippen MR) is 90.6 cm³/mol. The third-order valence-electron chi connectivity index (χ3n) is 3.15. The zero-order chi connectivity index (χ0) is 15.4.